The van der Waals surface area contributed by atoms with Gasteiger partial charge in [0.2, 0.25) is 0 Å². The highest BCUT2D eigenvalue weighted by Gasteiger charge is 2.31. The molecule has 0 bridgehead atoms. The molecule has 0 spiro atoms. The molecule has 0 saturated carbocycles. The molecule has 1 aliphatic heterocycles. The Hall–Kier alpha value is -0.120. The number of rotatable bonds is 7. The summed E-state index contributed by atoms with van der Waals surface area (Å²) in [6.45, 7) is 16.6. The monoisotopic (exact) mass is 242 g/mol. The molecule has 3 heteroatoms. The van der Waals surface area contributed by atoms with Crippen molar-refractivity contribution in [3.63, 3.8) is 0 Å². The third-order valence-corrected chi connectivity index (χ3v) is 3.73. The van der Waals surface area contributed by atoms with E-state index in [0.29, 0.717) is 5.41 Å². The van der Waals surface area contributed by atoms with E-state index >= 15 is 0 Å². The number of hydrogen-bond acceptors (Lipinski definition) is 3. The average Bonchev–Trinajstić information content (AvgIpc) is 2.71. The second kappa shape index (κ2) is 7.34. The molecule has 0 amide bonds. The van der Waals surface area contributed by atoms with E-state index in [-0.39, 0.29) is 0 Å². The van der Waals surface area contributed by atoms with Crippen LogP contribution in [0.4, 0.5) is 0 Å². The van der Waals surface area contributed by atoms with Crippen LogP contribution in [-0.4, -0.2) is 50.8 Å². The van der Waals surface area contributed by atoms with Crippen molar-refractivity contribution < 1.29 is 4.74 Å². The molecule has 0 aromatic heterocycles. The Morgan fingerprint density at radius 2 is 2.06 bits per heavy atom. The predicted octanol–water partition coefficient (Wildman–Crippen LogP) is 1.98. The molecule has 17 heavy (non-hydrogen) atoms. The molecule has 0 aromatic carbocycles. The van der Waals surface area contributed by atoms with E-state index in [2.05, 4.69) is 31.0 Å². The van der Waals surface area contributed by atoms with Gasteiger partial charge in [0, 0.05) is 32.8 Å². The second-order valence-corrected chi connectivity index (χ2v) is 6.10. The lowest BCUT2D eigenvalue weighted by atomic mass is 9.80. The zero-order valence-corrected chi connectivity index (χ0v) is 12.1. The summed E-state index contributed by atoms with van der Waals surface area (Å²) in [5, 5.41) is 3.43. The summed E-state index contributed by atoms with van der Waals surface area (Å²) < 4.78 is 5.29. The van der Waals surface area contributed by atoms with Crippen molar-refractivity contribution in [3.8, 4) is 0 Å². The first-order valence-electron chi connectivity index (χ1n) is 7.05. The maximum Gasteiger partial charge on any atom is 0.0590 e. The summed E-state index contributed by atoms with van der Waals surface area (Å²) in [5.74, 6) is 0.867. The molecule has 1 aliphatic rings. The first-order valence-corrected chi connectivity index (χ1v) is 7.05. The van der Waals surface area contributed by atoms with Crippen molar-refractivity contribution in [2.45, 2.75) is 34.1 Å². The molecule has 3 nitrogen and oxygen atoms in total. The van der Waals surface area contributed by atoms with Gasteiger partial charge in [-0.15, -0.1) is 0 Å². The van der Waals surface area contributed by atoms with Crippen LogP contribution in [0.3, 0.4) is 0 Å². The molecule has 0 radical (unpaired) electrons. The van der Waals surface area contributed by atoms with Gasteiger partial charge in [-0.25, -0.2) is 0 Å². The van der Waals surface area contributed by atoms with Gasteiger partial charge in [0.25, 0.3) is 0 Å². The Labute approximate surface area is 107 Å². The van der Waals surface area contributed by atoms with E-state index in [0.717, 1.165) is 32.2 Å². The van der Waals surface area contributed by atoms with E-state index in [4.69, 9.17) is 4.74 Å². The van der Waals surface area contributed by atoms with Crippen LogP contribution in [0, 0.1) is 11.3 Å². The zero-order valence-electron chi connectivity index (χ0n) is 12.1. The third kappa shape index (κ3) is 5.84. The minimum Gasteiger partial charge on any atom is -0.380 e. The number of nitrogens with zero attached hydrogens (tertiary/aromatic N) is 1. The summed E-state index contributed by atoms with van der Waals surface area (Å²) >= 11 is 0. The summed E-state index contributed by atoms with van der Waals surface area (Å²) in [4.78, 5) is 2.59. The Morgan fingerprint density at radius 1 is 1.29 bits per heavy atom. The molecule has 1 saturated heterocycles. The Balaban J connectivity index is 2.02. The molecule has 0 aliphatic carbocycles. The Kier molecular flexibility index (Phi) is 6.45. The van der Waals surface area contributed by atoms with Gasteiger partial charge in [0.1, 0.15) is 0 Å². The second-order valence-electron chi connectivity index (χ2n) is 6.10. The van der Waals surface area contributed by atoms with Crippen LogP contribution in [-0.2, 0) is 4.74 Å². The van der Waals surface area contributed by atoms with Crippen molar-refractivity contribution in [1.29, 1.82) is 0 Å². The standard InChI is InChI=1S/C14H30N2O/c1-5-17-11-8-15-7-10-16-9-6-13(12-16)14(2,3)4/h13,15H,5-12H2,1-4H3. The fraction of sp³-hybridized carbons (Fsp3) is 1.00. The average molecular weight is 242 g/mol. The lowest BCUT2D eigenvalue weighted by molar-refractivity contribution is 0.148. The lowest BCUT2D eigenvalue weighted by Crippen LogP contribution is -2.33. The van der Waals surface area contributed by atoms with Crippen molar-refractivity contribution in [1.82, 2.24) is 10.2 Å². The summed E-state index contributed by atoms with van der Waals surface area (Å²) in [5.41, 5.74) is 0.469. The topological polar surface area (TPSA) is 24.5 Å². The molecular formula is C14H30N2O. The smallest absolute Gasteiger partial charge is 0.0590 e. The maximum absolute atomic E-state index is 5.29. The highest BCUT2D eigenvalue weighted by molar-refractivity contribution is 4.83. The van der Waals surface area contributed by atoms with E-state index in [1.165, 1.54) is 26.1 Å². The van der Waals surface area contributed by atoms with Gasteiger partial charge in [0.15, 0.2) is 0 Å². The molecule has 1 atom stereocenters. The van der Waals surface area contributed by atoms with Crippen LogP contribution >= 0.6 is 0 Å². The van der Waals surface area contributed by atoms with Gasteiger partial charge in [-0.3, -0.25) is 0 Å². The quantitative estimate of drug-likeness (QED) is 0.691. The molecular weight excluding hydrogens is 212 g/mol. The van der Waals surface area contributed by atoms with Crippen LogP contribution in [0.15, 0.2) is 0 Å². The largest absolute Gasteiger partial charge is 0.380 e. The molecule has 1 unspecified atom stereocenters. The molecule has 0 aromatic rings. The molecule has 1 N–H and O–H groups in total. The van der Waals surface area contributed by atoms with E-state index in [9.17, 15) is 0 Å². The van der Waals surface area contributed by atoms with Crippen molar-refractivity contribution in [3.05, 3.63) is 0 Å². The summed E-state index contributed by atoms with van der Waals surface area (Å²) in [6.07, 6.45) is 1.36. The first-order chi connectivity index (χ1) is 8.04. The normalized spacial score (nSPS) is 22.2. The minimum atomic E-state index is 0.469. The van der Waals surface area contributed by atoms with Crippen LogP contribution in [0.25, 0.3) is 0 Å². The van der Waals surface area contributed by atoms with Gasteiger partial charge in [-0.2, -0.15) is 0 Å². The highest BCUT2D eigenvalue weighted by Crippen LogP contribution is 2.33. The van der Waals surface area contributed by atoms with E-state index in [1.807, 2.05) is 6.92 Å². The van der Waals surface area contributed by atoms with Crippen LogP contribution in [0.2, 0.25) is 0 Å². The first kappa shape index (κ1) is 14.9. The van der Waals surface area contributed by atoms with Gasteiger partial charge < -0.3 is 15.0 Å². The van der Waals surface area contributed by atoms with Gasteiger partial charge in [0.05, 0.1) is 6.61 Å². The highest BCUT2D eigenvalue weighted by atomic mass is 16.5. The summed E-state index contributed by atoms with van der Waals surface area (Å²) in [6, 6.07) is 0. The van der Waals surface area contributed by atoms with Crippen molar-refractivity contribution in [2.75, 3.05) is 45.9 Å². The third-order valence-electron chi connectivity index (χ3n) is 3.73. The van der Waals surface area contributed by atoms with Crippen LogP contribution in [0.5, 0.6) is 0 Å². The SMILES string of the molecule is CCOCCNCCN1CCC(C(C)(C)C)C1. The lowest BCUT2D eigenvalue weighted by Gasteiger charge is -2.27. The Morgan fingerprint density at radius 3 is 2.65 bits per heavy atom. The number of nitrogens with one attached hydrogen (secondary N) is 1. The maximum atomic E-state index is 5.29. The van der Waals surface area contributed by atoms with Gasteiger partial charge in [-0.1, -0.05) is 20.8 Å². The zero-order chi connectivity index (χ0) is 12.7. The van der Waals surface area contributed by atoms with Crippen molar-refractivity contribution >= 4 is 0 Å². The molecule has 102 valence electrons. The number of likely N-dealkylation sites (tertiary alicyclic amines) is 1. The number of ether oxygens (including phenoxy) is 1. The van der Waals surface area contributed by atoms with Crippen molar-refractivity contribution in [2.24, 2.45) is 11.3 Å². The summed E-state index contributed by atoms with van der Waals surface area (Å²) in [7, 11) is 0. The van der Waals surface area contributed by atoms with Gasteiger partial charge >= 0.3 is 0 Å². The van der Waals surface area contributed by atoms with Crippen LogP contribution in [0.1, 0.15) is 34.1 Å². The fourth-order valence-corrected chi connectivity index (χ4v) is 2.39. The number of hydrogen-bond donors (Lipinski definition) is 1. The predicted molar refractivity (Wildman–Crippen MR) is 73.4 cm³/mol. The fourth-order valence-electron chi connectivity index (χ4n) is 2.39. The van der Waals surface area contributed by atoms with E-state index in [1.54, 1.807) is 0 Å². The van der Waals surface area contributed by atoms with Crippen LogP contribution < -0.4 is 5.32 Å². The van der Waals surface area contributed by atoms with E-state index < -0.39 is 0 Å². The molecule has 1 heterocycles. The molecule has 1 fully saturated rings. The van der Waals surface area contributed by atoms with Gasteiger partial charge in [-0.05, 0) is 31.2 Å². The Bertz CT molecular complexity index is 201. The molecule has 1 rings (SSSR count). The minimum absolute atomic E-state index is 0.469.